The van der Waals surface area contributed by atoms with Gasteiger partial charge in [-0.25, -0.2) is 4.98 Å². The summed E-state index contributed by atoms with van der Waals surface area (Å²) in [6.07, 6.45) is 2.49. The molecule has 0 spiro atoms. The number of nitrogens with zero attached hydrogens (tertiary/aromatic N) is 3. The molecule has 1 fully saturated rings. The van der Waals surface area contributed by atoms with E-state index in [0.717, 1.165) is 35.8 Å². The van der Waals surface area contributed by atoms with Crippen LogP contribution < -0.4 is 5.32 Å². The molecule has 2 heterocycles. The average Bonchev–Trinajstić information content (AvgIpc) is 3.11. The highest BCUT2D eigenvalue weighted by molar-refractivity contribution is 7.22. The van der Waals surface area contributed by atoms with Gasteiger partial charge in [0, 0.05) is 23.7 Å². The minimum atomic E-state index is -0.478. The summed E-state index contributed by atoms with van der Waals surface area (Å²) >= 11 is 1.42. The molecule has 1 N–H and O–H groups in total. The molecule has 0 aliphatic carbocycles. The highest BCUT2D eigenvalue weighted by atomic mass is 32.1. The molecule has 1 aliphatic rings. The lowest BCUT2D eigenvalue weighted by molar-refractivity contribution is -0.385. The molecule has 4 rings (SSSR count). The lowest BCUT2D eigenvalue weighted by atomic mass is 9.99. The van der Waals surface area contributed by atoms with E-state index >= 15 is 0 Å². The van der Waals surface area contributed by atoms with Crippen molar-refractivity contribution in [2.45, 2.75) is 33.2 Å². The number of likely N-dealkylation sites (tertiary alicyclic amines) is 1. The van der Waals surface area contributed by atoms with Gasteiger partial charge in [0.2, 0.25) is 0 Å². The quantitative estimate of drug-likeness (QED) is 0.460. The minimum absolute atomic E-state index is 0.0660. The van der Waals surface area contributed by atoms with Crippen molar-refractivity contribution in [3.05, 3.63) is 63.2 Å². The summed E-state index contributed by atoms with van der Waals surface area (Å²) in [5, 5.41) is 14.4. The van der Waals surface area contributed by atoms with Crippen LogP contribution in [0.15, 0.2) is 36.4 Å². The second-order valence-corrected chi connectivity index (χ2v) is 8.97. The Morgan fingerprint density at radius 3 is 2.80 bits per heavy atom. The summed E-state index contributed by atoms with van der Waals surface area (Å²) < 4.78 is 1.02. The number of amides is 1. The van der Waals surface area contributed by atoms with Crippen LogP contribution >= 0.6 is 11.3 Å². The van der Waals surface area contributed by atoms with Crippen LogP contribution in [0.25, 0.3) is 10.2 Å². The van der Waals surface area contributed by atoms with Crippen LogP contribution in [-0.4, -0.2) is 33.8 Å². The Morgan fingerprint density at radius 1 is 1.30 bits per heavy atom. The molecule has 7 nitrogen and oxygen atoms in total. The predicted octanol–water partition coefficient (Wildman–Crippen LogP) is 5.00. The summed E-state index contributed by atoms with van der Waals surface area (Å²) in [6.45, 7) is 7.08. The lowest BCUT2D eigenvalue weighted by Gasteiger charge is -2.30. The predicted molar refractivity (Wildman–Crippen MR) is 119 cm³/mol. The van der Waals surface area contributed by atoms with Crippen molar-refractivity contribution in [3.63, 3.8) is 0 Å². The SMILES string of the molecule is Cc1c(C(=O)Nc2nc3ccc(CN4CCC(C)CC4)cc3s2)cccc1[N+](=O)[O-]. The zero-order valence-electron chi connectivity index (χ0n) is 17.1. The van der Waals surface area contributed by atoms with E-state index in [1.807, 2.05) is 6.07 Å². The number of hydrogen-bond acceptors (Lipinski definition) is 6. The first kappa shape index (κ1) is 20.4. The molecule has 1 amide bonds. The van der Waals surface area contributed by atoms with E-state index < -0.39 is 10.8 Å². The zero-order valence-corrected chi connectivity index (χ0v) is 17.9. The fourth-order valence-corrected chi connectivity index (χ4v) is 4.76. The van der Waals surface area contributed by atoms with E-state index in [4.69, 9.17) is 0 Å². The van der Waals surface area contributed by atoms with E-state index in [0.29, 0.717) is 10.7 Å². The van der Waals surface area contributed by atoms with Gasteiger partial charge in [0.1, 0.15) is 0 Å². The molecule has 1 aromatic heterocycles. The average molecular weight is 425 g/mol. The van der Waals surface area contributed by atoms with Crippen LogP contribution in [0.5, 0.6) is 0 Å². The second kappa shape index (κ2) is 8.49. The first-order valence-electron chi connectivity index (χ1n) is 10.1. The van der Waals surface area contributed by atoms with Gasteiger partial charge < -0.3 is 0 Å². The summed E-state index contributed by atoms with van der Waals surface area (Å²) in [5.41, 5.74) is 2.64. The van der Waals surface area contributed by atoms with Gasteiger partial charge >= 0.3 is 0 Å². The van der Waals surface area contributed by atoms with E-state index in [1.54, 1.807) is 13.0 Å². The van der Waals surface area contributed by atoms with Gasteiger partial charge in [0.25, 0.3) is 11.6 Å². The molecular formula is C22H24N4O3S. The fraction of sp³-hybridized carbons (Fsp3) is 0.364. The van der Waals surface area contributed by atoms with Gasteiger partial charge in [-0.3, -0.25) is 25.1 Å². The number of fused-ring (bicyclic) bond motifs is 1. The zero-order chi connectivity index (χ0) is 21.3. The number of anilines is 1. The van der Waals surface area contributed by atoms with Crippen LogP contribution in [0.1, 0.15) is 41.3 Å². The number of nitrogens with one attached hydrogen (secondary N) is 1. The van der Waals surface area contributed by atoms with Gasteiger partial charge in [-0.1, -0.05) is 30.4 Å². The van der Waals surface area contributed by atoms with Gasteiger partial charge in [0.05, 0.1) is 15.1 Å². The number of carbonyl (C=O) groups is 1. The molecule has 1 saturated heterocycles. The maximum atomic E-state index is 12.7. The van der Waals surface area contributed by atoms with E-state index in [1.165, 1.54) is 41.9 Å². The highest BCUT2D eigenvalue weighted by Crippen LogP contribution is 2.29. The maximum Gasteiger partial charge on any atom is 0.273 e. The van der Waals surface area contributed by atoms with E-state index in [-0.39, 0.29) is 11.3 Å². The van der Waals surface area contributed by atoms with Crippen molar-refractivity contribution < 1.29 is 9.72 Å². The van der Waals surface area contributed by atoms with Gasteiger partial charge in [-0.15, -0.1) is 0 Å². The minimum Gasteiger partial charge on any atom is -0.299 e. The third-order valence-electron chi connectivity index (χ3n) is 5.70. The molecule has 156 valence electrons. The Balaban J connectivity index is 1.49. The number of piperidine rings is 1. The van der Waals surface area contributed by atoms with E-state index in [2.05, 4.69) is 34.3 Å². The standard InChI is InChI=1S/C22H24N4O3S/c1-14-8-10-25(11-9-14)13-16-6-7-18-20(12-16)30-22(23-18)24-21(27)17-4-3-5-19(15(17)2)26(28)29/h3-7,12,14H,8-11,13H2,1-2H3,(H,23,24,27). The number of hydrogen-bond donors (Lipinski definition) is 1. The molecule has 0 saturated carbocycles. The van der Waals surface area contributed by atoms with Gasteiger partial charge in [0.15, 0.2) is 5.13 Å². The van der Waals surface area contributed by atoms with Gasteiger partial charge in [-0.05, 0) is 62.5 Å². The van der Waals surface area contributed by atoms with E-state index in [9.17, 15) is 14.9 Å². The highest BCUT2D eigenvalue weighted by Gasteiger charge is 2.19. The van der Waals surface area contributed by atoms with Crippen molar-refractivity contribution in [2.75, 3.05) is 18.4 Å². The molecule has 0 unspecified atom stereocenters. The van der Waals surface area contributed by atoms with Crippen molar-refractivity contribution in [3.8, 4) is 0 Å². The number of carbonyl (C=O) groups excluding carboxylic acids is 1. The molecule has 3 aromatic rings. The molecule has 2 aromatic carbocycles. The van der Waals surface area contributed by atoms with Crippen LogP contribution in [-0.2, 0) is 6.54 Å². The summed E-state index contributed by atoms with van der Waals surface area (Å²) in [7, 11) is 0. The number of benzene rings is 2. The Kier molecular flexibility index (Phi) is 5.78. The first-order valence-corrected chi connectivity index (χ1v) is 10.9. The molecule has 8 heteroatoms. The molecule has 0 bridgehead atoms. The van der Waals surface area contributed by atoms with Crippen LogP contribution in [0.4, 0.5) is 10.8 Å². The number of nitro groups is 1. The van der Waals surface area contributed by atoms with Crippen LogP contribution in [0.2, 0.25) is 0 Å². The number of nitro benzene ring substituents is 1. The molecule has 1 aliphatic heterocycles. The summed E-state index contributed by atoms with van der Waals surface area (Å²) in [6, 6.07) is 10.7. The van der Waals surface area contributed by atoms with Crippen LogP contribution in [0.3, 0.4) is 0 Å². The maximum absolute atomic E-state index is 12.7. The first-order chi connectivity index (χ1) is 14.4. The number of aromatic nitrogens is 1. The summed E-state index contributed by atoms with van der Waals surface area (Å²) in [5.74, 6) is 0.420. The Bertz CT molecular complexity index is 1100. The third kappa shape index (κ3) is 4.34. The second-order valence-electron chi connectivity index (χ2n) is 7.94. The monoisotopic (exact) mass is 424 g/mol. The molecule has 0 atom stereocenters. The Labute approximate surface area is 178 Å². The summed E-state index contributed by atoms with van der Waals surface area (Å²) in [4.78, 5) is 30.3. The number of rotatable bonds is 5. The van der Waals surface area contributed by atoms with Crippen molar-refractivity contribution in [2.24, 2.45) is 5.92 Å². The number of thiazole rings is 1. The fourth-order valence-electron chi connectivity index (χ4n) is 3.83. The Morgan fingerprint density at radius 2 is 2.07 bits per heavy atom. The van der Waals surface area contributed by atoms with Crippen molar-refractivity contribution in [1.29, 1.82) is 0 Å². The Hall–Kier alpha value is -2.84. The van der Waals surface area contributed by atoms with Crippen LogP contribution in [0, 0.1) is 23.0 Å². The lowest BCUT2D eigenvalue weighted by Crippen LogP contribution is -2.32. The molecule has 30 heavy (non-hydrogen) atoms. The third-order valence-corrected chi connectivity index (χ3v) is 6.64. The topological polar surface area (TPSA) is 88.4 Å². The van der Waals surface area contributed by atoms with Gasteiger partial charge in [-0.2, -0.15) is 0 Å². The molecular weight excluding hydrogens is 400 g/mol. The normalized spacial score (nSPS) is 15.4. The molecule has 0 radical (unpaired) electrons. The van der Waals surface area contributed by atoms with Crippen molar-refractivity contribution >= 4 is 38.3 Å². The van der Waals surface area contributed by atoms with Crippen molar-refractivity contribution in [1.82, 2.24) is 9.88 Å². The smallest absolute Gasteiger partial charge is 0.273 e. The largest absolute Gasteiger partial charge is 0.299 e.